The minimum absolute atomic E-state index is 0.116. The Labute approximate surface area is 126 Å². The molecule has 0 amide bonds. The van der Waals surface area contributed by atoms with Gasteiger partial charge in [0.15, 0.2) is 0 Å². The van der Waals surface area contributed by atoms with Gasteiger partial charge in [-0.15, -0.1) is 0 Å². The molecule has 0 fully saturated rings. The zero-order chi connectivity index (χ0) is 15.0. The minimum Gasteiger partial charge on any atom is -0.491 e. The quantitative estimate of drug-likeness (QED) is 0.801. The van der Waals surface area contributed by atoms with Gasteiger partial charge in [-0.05, 0) is 56.3 Å². The summed E-state index contributed by atoms with van der Waals surface area (Å²) in [5, 5.41) is 0.593. The Balaban J connectivity index is 2.09. The van der Waals surface area contributed by atoms with E-state index in [4.69, 9.17) is 16.3 Å². The number of benzene rings is 2. The second-order valence-corrected chi connectivity index (χ2v) is 5.52. The lowest BCUT2D eigenvalue weighted by atomic mass is 10.2. The van der Waals surface area contributed by atoms with Crippen LogP contribution >= 0.6 is 11.6 Å². The van der Waals surface area contributed by atoms with Gasteiger partial charge in [-0.1, -0.05) is 11.6 Å². The maximum absolute atomic E-state index is 12.1. The highest BCUT2D eigenvalue weighted by Gasteiger charge is 2.09. The predicted octanol–water partition coefficient (Wildman–Crippen LogP) is 3.76. The van der Waals surface area contributed by atoms with Crippen LogP contribution in [0.3, 0.4) is 0 Å². The molecule has 0 aliphatic carbocycles. The first-order valence-corrected chi connectivity index (χ1v) is 7.10. The molecule has 21 heavy (non-hydrogen) atoms. The molecule has 1 aromatic heterocycles. The minimum atomic E-state index is -0.190. The average molecular weight is 303 g/mol. The third kappa shape index (κ3) is 2.67. The highest BCUT2D eigenvalue weighted by molar-refractivity contribution is 6.31. The normalized spacial score (nSPS) is 11.2. The van der Waals surface area contributed by atoms with E-state index in [-0.39, 0.29) is 11.8 Å². The van der Waals surface area contributed by atoms with E-state index >= 15 is 0 Å². The molecule has 3 aromatic rings. The van der Waals surface area contributed by atoms with Gasteiger partial charge in [0.2, 0.25) is 0 Å². The molecular formula is C16H15ClN2O2. The monoisotopic (exact) mass is 302 g/mol. The lowest BCUT2D eigenvalue weighted by Gasteiger charge is -2.10. The lowest BCUT2D eigenvalue weighted by molar-refractivity contribution is 0.242. The van der Waals surface area contributed by atoms with Crippen LogP contribution in [0.4, 0.5) is 0 Å². The summed E-state index contributed by atoms with van der Waals surface area (Å²) in [5.74, 6) is 0.777. The largest absolute Gasteiger partial charge is 0.491 e. The molecular weight excluding hydrogens is 288 g/mol. The molecule has 3 rings (SSSR count). The Morgan fingerprint density at radius 1 is 1.14 bits per heavy atom. The molecule has 0 atom stereocenters. The number of ether oxygens (including phenoxy) is 1. The second-order valence-electron chi connectivity index (χ2n) is 5.09. The molecule has 0 radical (unpaired) electrons. The SMILES string of the molecule is CC(C)Oc1ccc(-n2c(=O)[nH]c3ccc(Cl)cc32)cc1. The Morgan fingerprint density at radius 3 is 2.52 bits per heavy atom. The van der Waals surface area contributed by atoms with Gasteiger partial charge in [0.05, 0.1) is 22.8 Å². The number of hydrogen-bond acceptors (Lipinski definition) is 2. The number of nitrogens with zero attached hydrogens (tertiary/aromatic N) is 1. The van der Waals surface area contributed by atoms with Gasteiger partial charge in [0.1, 0.15) is 5.75 Å². The van der Waals surface area contributed by atoms with E-state index in [0.29, 0.717) is 5.02 Å². The van der Waals surface area contributed by atoms with Crippen LogP contribution in [-0.2, 0) is 0 Å². The van der Waals surface area contributed by atoms with Gasteiger partial charge in [0, 0.05) is 5.02 Å². The number of aromatic nitrogens is 2. The van der Waals surface area contributed by atoms with Gasteiger partial charge < -0.3 is 9.72 Å². The van der Waals surface area contributed by atoms with Crippen molar-refractivity contribution in [2.45, 2.75) is 20.0 Å². The van der Waals surface area contributed by atoms with Crippen LogP contribution in [0, 0.1) is 0 Å². The zero-order valence-corrected chi connectivity index (χ0v) is 12.5. The van der Waals surface area contributed by atoms with E-state index in [9.17, 15) is 4.79 Å². The van der Waals surface area contributed by atoms with Gasteiger partial charge in [-0.3, -0.25) is 4.57 Å². The molecule has 0 aliphatic heterocycles. The highest BCUT2D eigenvalue weighted by atomic mass is 35.5. The Bertz CT molecular complexity index is 832. The van der Waals surface area contributed by atoms with E-state index in [1.807, 2.05) is 38.1 Å². The first-order chi connectivity index (χ1) is 10.0. The fraction of sp³-hybridized carbons (Fsp3) is 0.188. The lowest BCUT2D eigenvalue weighted by Crippen LogP contribution is -2.14. The average Bonchev–Trinajstić information content (AvgIpc) is 2.74. The first-order valence-electron chi connectivity index (χ1n) is 6.72. The molecule has 4 nitrogen and oxygen atoms in total. The number of nitrogens with one attached hydrogen (secondary N) is 1. The second kappa shape index (κ2) is 5.30. The smallest absolute Gasteiger partial charge is 0.331 e. The van der Waals surface area contributed by atoms with E-state index in [2.05, 4.69) is 4.98 Å². The third-order valence-electron chi connectivity index (χ3n) is 3.11. The van der Waals surface area contributed by atoms with Crippen LogP contribution < -0.4 is 10.4 Å². The van der Waals surface area contributed by atoms with Crippen molar-refractivity contribution in [3.63, 3.8) is 0 Å². The van der Waals surface area contributed by atoms with Crippen LogP contribution in [-0.4, -0.2) is 15.7 Å². The van der Waals surface area contributed by atoms with Crippen molar-refractivity contribution in [1.29, 1.82) is 0 Å². The standard InChI is InChI=1S/C16H15ClN2O2/c1-10(2)21-13-6-4-12(5-7-13)19-15-9-11(17)3-8-14(15)18-16(19)20/h3-10H,1-2H3,(H,18,20). The molecule has 2 aromatic carbocycles. The van der Waals surface area contributed by atoms with E-state index < -0.39 is 0 Å². The van der Waals surface area contributed by atoms with Crippen LogP contribution in [0.15, 0.2) is 47.3 Å². The van der Waals surface area contributed by atoms with Gasteiger partial charge in [0.25, 0.3) is 0 Å². The summed E-state index contributed by atoms with van der Waals surface area (Å²) in [6.45, 7) is 3.94. The highest BCUT2D eigenvalue weighted by Crippen LogP contribution is 2.21. The topological polar surface area (TPSA) is 47.0 Å². The molecule has 5 heteroatoms. The summed E-state index contributed by atoms with van der Waals surface area (Å²) >= 11 is 6.02. The van der Waals surface area contributed by atoms with Crippen molar-refractivity contribution < 1.29 is 4.74 Å². The number of fused-ring (bicyclic) bond motifs is 1. The summed E-state index contributed by atoms with van der Waals surface area (Å²) in [6, 6.07) is 12.7. The molecule has 0 saturated carbocycles. The van der Waals surface area contributed by atoms with Crippen molar-refractivity contribution >= 4 is 22.6 Å². The van der Waals surface area contributed by atoms with Crippen molar-refractivity contribution in [2.75, 3.05) is 0 Å². The van der Waals surface area contributed by atoms with Gasteiger partial charge in [-0.2, -0.15) is 0 Å². The summed E-state index contributed by atoms with van der Waals surface area (Å²) in [5.41, 5.74) is 2.09. The molecule has 108 valence electrons. The molecule has 1 N–H and O–H groups in total. The van der Waals surface area contributed by atoms with Crippen molar-refractivity contribution in [2.24, 2.45) is 0 Å². The predicted molar refractivity (Wildman–Crippen MR) is 84.7 cm³/mol. The molecule has 0 bridgehead atoms. The van der Waals surface area contributed by atoms with Crippen LogP contribution in [0.2, 0.25) is 5.02 Å². The maximum atomic E-state index is 12.1. The number of imidazole rings is 1. The number of rotatable bonds is 3. The maximum Gasteiger partial charge on any atom is 0.331 e. The van der Waals surface area contributed by atoms with E-state index in [1.54, 1.807) is 22.8 Å². The van der Waals surface area contributed by atoms with Crippen LogP contribution in [0.25, 0.3) is 16.7 Å². The Hall–Kier alpha value is -2.20. The Morgan fingerprint density at radius 2 is 1.86 bits per heavy atom. The zero-order valence-electron chi connectivity index (χ0n) is 11.8. The summed E-state index contributed by atoms with van der Waals surface area (Å²) in [4.78, 5) is 15.0. The molecule has 1 heterocycles. The molecule has 0 saturated heterocycles. The molecule has 0 unspecified atom stereocenters. The van der Waals surface area contributed by atoms with Crippen molar-refractivity contribution in [3.05, 3.63) is 58.0 Å². The van der Waals surface area contributed by atoms with Gasteiger partial charge in [-0.25, -0.2) is 4.79 Å². The first kappa shape index (κ1) is 13.8. The number of hydrogen-bond donors (Lipinski definition) is 1. The fourth-order valence-electron chi connectivity index (χ4n) is 2.28. The molecule has 0 aliphatic rings. The number of halogens is 1. The molecule has 0 spiro atoms. The van der Waals surface area contributed by atoms with E-state index in [1.165, 1.54) is 0 Å². The number of H-pyrrole nitrogens is 1. The fourth-order valence-corrected chi connectivity index (χ4v) is 2.44. The van der Waals surface area contributed by atoms with Crippen molar-refractivity contribution in [1.82, 2.24) is 9.55 Å². The summed E-state index contributed by atoms with van der Waals surface area (Å²) in [6.07, 6.45) is 0.116. The van der Waals surface area contributed by atoms with Crippen molar-refractivity contribution in [3.8, 4) is 11.4 Å². The van der Waals surface area contributed by atoms with E-state index in [0.717, 1.165) is 22.5 Å². The van der Waals surface area contributed by atoms with Gasteiger partial charge >= 0.3 is 5.69 Å². The van der Waals surface area contributed by atoms with Crippen LogP contribution in [0.5, 0.6) is 5.75 Å². The summed E-state index contributed by atoms with van der Waals surface area (Å²) < 4.78 is 7.20. The Kier molecular flexibility index (Phi) is 3.47. The number of aromatic amines is 1. The third-order valence-corrected chi connectivity index (χ3v) is 3.35. The van der Waals surface area contributed by atoms with Crippen LogP contribution in [0.1, 0.15) is 13.8 Å². The summed E-state index contributed by atoms with van der Waals surface area (Å²) in [7, 11) is 0.